The summed E-state index contributed by atoms with van der Waals surface area (Å²) < 4.78 is 13.2. The molecule has 0 atom stereocenters. The monoisotopic (exact) mass is 296 g/mol. The van der Waals surface area contributed by atoms with Gasteiger partial charge in [-0.3, -0.25) is 14.5 Å². The van der Waals surface area contributed by atoms with E-state index >= 15 is 0 Å². The van der Waals surface area contributed by atoms with Crippen molar-refractivity contribution in [2.45, 2.75) is 33.2 Å². The predicted octanol–water partition coefficient (Wildman–Crippen LogP) is 2.26. The summed E-state index contributed by atoms with van der Waals surface area (Å²) in [5.41, 5.74) is -0.0160. The summed E-state index contributed by atoms with van der Waals surface area (Å²) in [6.07, 6.45) is 0. The summed E-state index contributed by atoms with van der Waals surface area (Å²) in [6.45, 7) is 6.96. The Morgan fingerprint density at radius 1 is 1.38 bits per heavy atom. The Morgan fingerprint density at radius 3 is 2.52 bits per heavy atom. The molecule has 1 aromatic carbocycles. The number of hydrogen-bond donors (Lipinski definition) is 2. The van der Waals surface area contributed by atoms with Crippen molar-refractivity contribution in [2.75, 3.05) is 18.4 Å². The molecule has 1 amide bonds. The Hall–Kier alpha value is -1.95. The minimum Gasteiger partial charge on any atom is -0.480 e. The summed E-state index contributed by atoms with van der Waals surface area (Å²) >= 11 is 0. The molecule has 6 heteroatoms. The molecule has 21 heavy (non-hydrogen) atoms. The molecule has 0 aliphatic heterocycles. The normalized spacial score (nSPS) is 11.5. The lowest BCUT2D eigenvalue weighted by Crippen LogP contribution is -2.52. The minimum absolute atomic E-state index is 0.0776. The number of nitrogens with zero attached hydrogens (tertiary/aromatic N) is 1. The van der Waals surface area contributed by atoms with Gasteiger partial charge in [0.05, 0.1) is 6.54 Å². The summed E-state index contributed by atoms with van der Waals surface area (Å²) in [5.74, 6) is -1.81. The minimum atomic E-state index is -1.15. The van der Waals surface area contributed by atoms with Crippen LogP contribution in [0.2, 0.25) is 0 Å². The molecule has 0 saturated carbocycles. The van der Waals surface area contributed by atoms with Crippen LogP contribution in [-0.2, 0) is 9.59 Å². The van der Waals surface area contributed by atoms with E-state index in [0.717, 1.165) is 5.56 Å². The second-order valence-corrected chi connectivity index (χ2v) is 5.39. The second kappa shape index (κ2) is 6.67. The molecule has 0 aliphatic carbocycles. The van der Waals surface area contributed by atoms with Crippen LogP contribution < -0.4 is 5.32 Å². The number of carboxylic acids is 1. The molecule has 5 nitrogen and oxygen atoms in total. The number of carbonyl (C=O) groups is 2. The SMILES string of the molecule is CCN(CC(=O)Nc1cc(F)ccc1C)C(C)(C)C(=O)O. The first-order valence-corrected chi connectivity index (χ1v) is 6.73. The van der Waals surface area contributed by atoms with Crippen molar-refractivity contribution in [2.24, 2.45) is 0 Å². The molecule has 0 saturated heterocycles. The van der Waals surface area contributed by atoms with Crippen LogP contribution in [0.4, 0.5) is 10.1 Å². The second-order valence-electron chi connectivity index (χ2n) is 5.39. The number of nitrogens with one attached hydrogen (secondary N) is 1. The highest BCUT2D eigenvalue weighted by Gasteiger charge is 2.34. The van der Waals surface area contributed by atoms with E-state index in [1.165, 1.54) is 12.1 Å². The number of hydrogen-bond acceptors (Lipinski definition) is 3. The third-order valence-corrected chi connectivity index (χ3v) is 3.50. The van der Waals surface area contributed by atoms with E-state index in [1.54, 1.807) is 38.7 Å². The number of aliphatic carboxylic acids is 1. The van der Waals surface area contributed by atoms with Crippen molar-refractivity contribution >= 4 is 17.6 Å². The molecule has 0 aliphatic rings. The zero-order valence-corrected chi connectivity index (χ0v) is 12.7. The molecule has 0 unspecified atom stereocenters. The van der Waals surface area contributed by atoms with E-state index in [9.17, 15) is 19.1 Å². The third kappa shape index (κ3) is 4.26. The lowest BCUT2D eigenvalue weighted by molar-refractivity contribution is -0.149. The maximum atomic E-state index is 13.2. The molecule has 1 aromatic rings. The van der Waals surface area contributed by atoms with Gasteiger partial charge in [-0.15, -0.1) is 0 Å². The van der Waals surface area contributed by atoms with Crippen molar-refractivity contribution in [1.82, 2.24) is 4.90 Å². The van der Waals surface area contributed by atoms with Crippen LogP contribution in [0.1, 0.15) is 26.3 Å². The van der Waals surface area contributed by atoms with Crippen LogP contribution in [0.3, 0.4) is 0 Å². The Morgan fingerprint density at radius 2 is 2.00 bits per heavy atom. The van der Waals surface area contributed by atoms with E-state index < -0.39 is 17.3 Å². The zero-order chi connectivity index (χ0) is 16.2. The van der Waals surface area contributed by atoms with E-state index in [1.807, 2.05) is 0 Å². The van der Waals surface area contributed by atoms with Gasteiger partial charge in [0.2, 0.25) is 5.91 Å². The van der Waals surface area contributed by atoms with Crippen molar-refractivity contribution in [3.05, 3.63) is 29.6 Å². The van der Waals surface area contributed by atoms with E-state index in [4.69, 9.17) is 0 Å². The van der Waals surface area contributed by atoms with Gasteiger partial charge in [-0.1, -0.05) is 13.0 Å². The Bertz CT molecular complexity index is 544. The number of rotatable bonds is 6. The Labute approximate surface area is 123 Å². The first-order valence-electron chi connectivity index (χ1n) is 6.73. The average Bonchev–Trinajstić information content (AvgIpc) is 2.39. The van der Waals surface area contributed by atoms with E-state index in [-0.39, 0.29) is 12.5 Å². The summed E-state index contributed by atoms with van der Waals surface area (Å²) in [7, 11) is 0. The summed E-state index contributed by atoms with van der Waals surface area (Å²) in [5, 5.41) is 11.8. The van der Waals surface area contributed by atoms with Gasteiger partial charge in [0.15, 0.2) is 0 Å². The average molecular weight is 296 g/mol. The number of benzene rings is 1. The van der Waals surface area contributed by atoms with E-state index in [2.05, 4.69) is 5.32 Å². The number of aryl methyl sites for hydroxylation is 1. The van der Waals surface area contributed by atoms with Crippen LogP contribution in [0.15, 0.2) is 18.2 Å². The molecule has 0 heterocycles. The number of amides is 1. The molecule has 0 radical (unpaired) electrons. The van der Waals surface area contributed by atoms with Crippen molar-refractivity contribution in [3.63, 3.8) is 0 Å². The fourth-order valence-corrected chi connectivity index (χ4v) is 1.93. The molecule has 116 valence electrons. The van der Waals surface area contributed by atoms with Gasteiger partial charge < -0.3 is 10.4 Å². The molecular formula is C15H21FN2O3. The molecule has 0 aromatic heterocycles. The molecular weight excluding hydrogens is 275 g/mol. The lowest BCUT2D eigenvalue weighted by atomic mass is 10.0. The van der Waals surface area contributed by atoms with Crippen LogP contribution >= 0.6 is 0 Å². The van der Waals surface area contributed by atoms with Gasteiger partial charge in [0, 0.05) is 5.69 Å². The number of halogens is 1. The Balaban J connectivity index is 2.80. The fourth-order valence-electron chi connectivity index (χ4n) is 1.93. The number of carboxylic acid groups (broad SMARTS) is 1. The van der Waals surface area contributed by atoms with Gasteiger partial charge in [-0.2, -0.15) is 0 Å². The molecule has 2 N–H and O–H groups in total. The lowest BCUT2D eigenvalue weighted by Gasteiger charge is -2.33. The maximum Gasteiger partial charge on any atom is 0.323 e. The first-order chi connectivity index (χ1) is 9.68. The number of carbonyl (C=O) groups excluding carboxylic acids is 1. The highest BCUT2D eigenvalue weighted by molar-refractivity contribution is 5.93. The van der Waals surface area contributed by atoms with Gasteiger partial charge >= 0.3 is 5.97 Å². The van der Waals surface area contributed by atoms with Gasteiger partial charge in [0.1, 0.15) is 11.4 Å². The smallest absolute Gasteiger partial charge is 0.323 e. The highest BCUT2D eigenvalue weighted by atomic mass is 19.1. The molecule has 0 spiro atoms. The van der Waals surface area contributed by atoms with Crippen LogP contribution in [0.5, 0.6) is 0 Å². The molecule has 0 bridgehead atoms. The van der Waals surface area contributed by atoms with E-state index in [0.29, 0.717) is 12.2 Å². The largest absolute Gasteiger partial charge is 0.480 e. The molecule has 0 fully saturated rings. The maximum absolute atomic E-state index is 13.2. The van der Waals surface area contributed by atoms with Crippen molar-refractivity contribution < 1.29 is 19.1 Å². The van der Waals surface area contributed by atoms with Gasteiger partial charge in [-0.05, 0) is 45.0 Å². The quantitative estimate of drug-likeness (QED) is 0.845. The number of likely N-dealkylation sites (N-methyl/N-ethyl adjacent to an activating group) is 1. The summed E-state index contributed by atoms with van der Waals surface area (Å²) in [6, 6.07) is 4.13. The number of anilines is 1. The van der Waals surface area contributed by atoms with Gasteiger partial charge in [-0.25, -0.2) is 4.39 Å². The standard InChI is InChI=1S/C15H21FN2O3/c1-5-18(15(3,4)14(20)21)9-13(19)17-12-8-11(16)7-6-10(12)2/h6-8H,5,9H2,1-4H3,(H,17,19)(H,20,21). The molecule has 1 rings (SSSR count). The van der Waals surface area contributed by atoms with Crippen molar-refractivity contribution in [3.8, 4) is 0 Å². The predicted molar refractivity (Wildman–Crippen MR) is 78.7 cm³/mol. The van der Waals surface area contributed by atoms with Crippen LogP contribution in [0.25, 0.3) is 0 Å². The zero-order valence-electron chi connectivity index (χ0n) is 12.7. The van der Waals surface area contributed by atoms with Crippen LogP contribution in [-0.4, -0.2) is 40.5 Å². The Kier molecular flexibility index (Phi) is 5.43. The van der Waals surface area contributed by atoms with Crippen molar-refractivity contribution in [1.29, 1.82) is 0 Å². The summed E-state index contributed by atoms with van der Waals surface area (Å²) in [4.78, 5) is 24.8. The topological polar surface area (TPSA) is 69.6 Å². The van der Waals surface area contributed by atoms with Crippen LogP contribution in [0, 0.1) is 12.7 Å². The third-order valence-electron chi connectivity index (χ3n) is 3.50. The van der Waals surface area contributed by atoms with Gasteiger partial charge in [0.25, 0.3) is 0 Å². The fraction of sp³-hybridized carbons (Fsp3) is 0.467. The first kappa shape index (κ1) is 17.1. The highest BCUT2D eigenvalue weighted by Crippen LogP contribution is 2.17.